The summed E-state index contributed by atoms with van der Waals surface area (Å²) in [6.45, 7) is 3.19. The van der Waals surface area contributed by atoms with Crippen molar-refractivity contribution in [3.8, 4) is 0 Å². The molecule has 0 saturated carbocycles. The predicted molar refractivity (Wildman–Crippen MR) is 160 cm³/mol. The Morgan fingerprint density at radius 2 is 1.74 bits per heavy atom. The number of hydrogen-bond acceptors (Lipinski definition) is 5. The first-order chi connectivity index (χ1) is 20.1. The van der Waals surface area contributed by atoms with E-state index in [1.165, 1.54) is 17.7 Å². The number of rotatable bonds is 13. The number of fused-ring (bicyclic) bond motifs is 1. The summed E-state index contributed by atoms with van der Waals surface area (Å²) in [5.74, 6) is -2.15. The van der Waals surface area contributed by atoms with Crippen molar-refractivity contribution in [2.45, 2.75) is 62.6 Å². The summed E-state index contributed by atoms with van der Waals surface area (Å²) >= 11 is 0. The fourth-order valence-corrected chi connectivity index (χ4v) is 5.75. The van der Waals surface area contributed by atoms with Crippen LogP contribution in [-0.4, -0.2) is 52.6 Å². The van der Waals surface area contributed by atoms with Crippen LogP contribution >= 0.6 is 0 Å². The Hall–Kier alpha value is -3.47. The van der Waals surface area contributed by atoms with Gasteiger partial charge in [-0.15, -0.1) is 0 Å². The van der Waals surface area contributed by atoms with Gasteiger partial charge in [0.05, 0.1) is 12.1 Å². The number of aliphatic hydroxyl groups excluding tert-OH is 1. The van der Waals surface area contributed by atoms with Crippen molar-refractivity contribution in [1.82, 2.24) is 10.6 Å². The zero-order valence-corrected chi connectivity index (χ0v) is 24.7. The van der Waals surface area contributed by atoms with E-state index in [0.717, 1.165) is 29.3 Å². The van der Waals surface area contributed by atoms with E-state index < -0.39 is 40.5 Å². The van der Waals surface area contributed by atoms with Gasteiger partial charge >= 0.3 is 0 Å². The number of anilines is 1. The average molecular weight is 598 g/mol. The minimum absolute atomic E-state index is 0.00314. The molecular weight excluding hydrogens is 560 g/mol. The highest BCUT2D eigenvalue weighted by Gasteiger charge is 2.27. The first kappa shape index (κ1) is 31.5. The lowest BCUT2D eigenvalue weighted by molar-refractivity contribution is -0.126. The van der Waals surface area contributed by atoms with Crippen LogP contribution in [0.1, 0.15) is 42.0 Å². The minimum atomic E-state index is -1.12. The van der Waals surface area contributed by atoms with Gasteiger partial charge in [0.15, 0.2) is 0 Å². The van der Waals surface area contributed by atoms with Crippen molar-refractivity contribution in [3.05, 3.63) is 94.6 Å². The Kier molecular flexibility index (Phi) is 11.0. The Bertz CT molecular complexity index is 1430. The average Bonchev–Trinajstić information content (AvgIpc) is 3.38. The summed E-state index contributed by atoms with van der Waals surface area (Å²) in [4.78, 5) is 28.3. The Labute approximate surface area is 247 Å². The van der Waals surface area contributed by atoms with Gasteiger partial charge in [0.25, 0.3) is 0 Å². The molecule has 3 aromatic rings. The summed E-state index contributed by atoms with van der Waals surface area (Å²) in [5, 5.41) is 17.0. The van der Waals surface area contributed by atoms with Gasteiger partial charge in [0.1, 0.15) is 11.6 Å². The lowest BCUT2D eigenvalue weighted by Crippen LogP contribution is -2.48. The predicted octanol–water partition coefficient (Wildman–Crippen LogP) is 3.81. The number of carbonyl (C=O) groups excluding carboxylic acids is 2. The van der Waals surface area contributed by atoms with Crippen LogP contribution in [0.3, 0.4) is 0 Å². The highest BCUT2D eigenvalue weighted by atomic mass is 32.2. The molecule has 3 aromatic carbocycles. The standard InChI is InChI=1S/C32H37F2N3O4S/c1-3-21-5-4-6-22(13-21)19-35-20-30(38)28(16-23-14-25(33)18-26(34)15-23)36-31(39)9-10-32(40)37-12-11-24-17-27(42(2)41)7-8-29(24)37/h4-8,13-15,17-18,28,30,35,38H,3,9-12,16,19-20H2,1-2H3,(H,36,39)/t28-,30-,42?/m0/s1. The molecule has 7 nitrogen and oxygen atoms in total. The van der Waals surface area contributed by atoms with Gasteiger partial charge in [-0.25, -0.2) is 8.78 Å². The van der Waals surface area contributed by atoms with Crippen molar-refractivity contribution in [2.75, 3.05) is 24.2 Å². The smallest absolute Gasteiger partial charge is 0.227 e. The van der Waals surface area contributed by atoms with E-state index in [-0.39, 0.29) is 31.7 Å². The molecule has 3 N–H and O–H groups in total. The number of halogens is 2. The molecular formula is C32H37F2N3O4S. The molecule has 0 aliphatic carbocycles. The Balaban J connectivity index is 1.37. The number of benzene rings is 3. The van der Waals surface area contributed by atoms with Gasteiger partial charge in [0.2, 0.25) is 11.8 Å². The van der Waals surface area contributed by atoms with Crippen LogP contribution in [0.15, 0.2) is 65.6 Å². The molecule has 0 aromatic heterocycles. The molecule has 0 spiro atoms. The van der Waals surface area contributed by atoms with E-state index in [1.807, 2.05) is 24.3 Å². The first-order valence-electron chi connectivity index (χ1n) is 14.1. The third kappa shape index (κ3) is 8.53. The zero-order valence-electron chi connectivity index (χ0n) is 23.9. The highest BCUT2D eigenvalue weighted by molar-refractivity contribution is 7.84. The third-order valence-electron chi connectivity index (χ3n) is 7.42. The molecule has 224 valence electrons. The topological polar surface area (TPSA) is 98.7 Å². The fraction of sp³-hybridized carbons (Fsp3) is 0.375. The molecule has 10 heteroatoms. The van der Waals surface area contributed by atoms with E-state index in [0.29, 0.717) is 30.0 Å². The SMILES string of the molecule is CCc1cccc(CNC[C@H](O)[C@H](Cc2cc(F)cc(F)c2)NC(=O)CCC(=O)N2CCc3cc(S(C)=O)ccc32)c1. The van der Waals surface area contributed by atoms with E-state index >= 15 is 0 Å². The van der Waals surface area contributed by atoms with Crippen LogP contribution in [0.4, 0.5) is 14.5 Å². The van der Waals surface area contributed by atoms with Crippen molar-refractivity contribution < 1.29 is 27.7 Å². The van der Waals surface area contributed by atoms with E-state index in [2.05, 4.69) is 23.6 Å². The molecule has 0 saturated heterocycles. The highest BCUT2D eigenvalue weighted by Crippen LogP contribution is 2.30. The number of aliphatic hydroxyl groups is 1. The molecule has 0 bridgehead atoms. The number of aryl methyl sites for hydroxylation is 1. The second kappa shape index (κ2) is 14.6. The maximum atomic E-state index is 13.9. The van der Waals surface area contributed by atoms with Crippen LogP contribution in [0.5, 0.6) is 0 Å². The second-order valence-corrected chi connectivity index (χ2v) is 11.9. The number of carbonyl (C=O) groups is 2. The molecule has 0 fully saturated rings. The van der Waals surface area contributed by atoms with E-state index in [4.69, 9.17) is 0 Å². The third-order valence-corrected chi connectivity index (χ3v) is 8.33. The van der Waals surface area contributed by atoms with Gasteiger partial charge in [0, 0.05) is 66.2 Å². The lowest BCUT2D eigenvalue weighted by Gasteiger charge is -2.25. The molecule has 1 heterocycles. The molecule has 0 radical (unpaired) electrons. The fourth-order valence-electron chi connectivity index (χ4n) is 5.18. The summed E-state index contributed by atoms with van der Waals surface area (Å²) in [5.41, 5.74) is 4.24. The molecule has 1 aliphatic rings. The van der Waals surface area contributed by atoms with Gasteiger partial charge < -0.3 is 20.6 Å². The van der Waals surface area contributed by atoms with Crippen molar-refractivity contribution in [1.29, 1.82) is 0 Å². The number of hydrogen-bond donors (Lipinski definition) is 3. The lowest BCUT2D eigenvalue weighted by atomic mass is 10.00. The quantitative estimate of drug-likeness (QED) is 0.279. The maximum absolute atomic E-state index is 13.9. The van der Waals surface area contributed by atoms with Gasteiger partial charge in [-0.1, -0.05) is 31.2 Å². The normalized spacial score (nSPS) is 14.7. The summed E-state index contributed by atoms with van der Waals surface area (Å²) < 4.78 is 39.5. The molecule has 1 unspecified atom stereocenters. The van der Waals surface area contributed by atoms with Gasteiger partial charge in [-0.3, -0.25) is 13.8 Å². The summed E-state index contributed by atoms with van der Waals surface area (Å²) in [7, 11) is -1.12. The van der Waals surface area contributed by atoms with Crippen molar-refractivity contribution in [2.24, 2.45) is 0 Å². The molecule has 4 rings (SSSR count). The number of amides is 2. The largest absolute Gasteiger partial charge is 0.390 e. The van der Waals surface area contributed by atoms with Crippen LogP contribution < -0.4 is 15.5 Å². The van der Waals surface area contributed by atoms with Gasteiger partial charge in [-0.05, 0) is 71.8 Å². The molecule has 3 atom stereocenters. The monoisotopic (exact) mass is 597 g/mol. The Morgan fingerprint density at radius 1 is 1.00 bits per heavy atom. The molecule has 2 amide bonds. The number of nitrogens with one attached hydrogen (secondary N) is 2. The second-order valence-electron chi connectivity index (χ2n) is 10.6. The number of nitrogens with zero attached hydrogens (tertiary/aromatic N) is 1. The van der Waals surface area contributed by atoms with Crippen molar-refractivity contribution in [3.63, 3.8) is 0 Å². The van der Waals surface area contributed by atoms with Crippen molar-refractivity contribution >= 4 is 28.3 Å². The van der Waals surface area contributed by atoms with Crippen LogP contribution in [0, 0.1) is 11.6 Å². The molecule has 42 heavy (non-hydrogen) atoms. The molecule has 1 aliphatic heterocycles. The summed E-state index contributed by atoms with van der Waals surface area (Å²) in [6.07, 6.45) is 1.94. The van der Waals surface area contributed by atoms with Crippen LogP contribution in [-0.2, 0) is 46.2 Å². The van der Waals surface area contributed by atoms with Crippen LogP contribution in [0.25, 0.3) is 0 Å². The minimum Gasteiger partial charge on any atom is -0.390 e. The van der Waals surface area contributed by atoms with E-state index in [9.17, 15) is 27.7 Å². The van der Waals surface area contributed by atoms with Crippen LogP contribution in [0.2, 0.25) is 0 Å². The summed E-state index contributed by atoms with van der Waals surface area (Å²) in [6, 6.07) is 15.7. The van der Waals surface area contributed by atoms with Gasteiger partial charge in [-0.2, -0.15) is 0 Å². The zero-order chi connectivity index (χ0) is 30.2. The Morgan fingerprint density at radius 3 is 2.45 bits per heavy atom. The maximum Gasteiger partial charge on any atom is 0.227 e. The van der Waals surface area contributed by atoms with E-state index in [1.54, 1.807) is 23.3 Å². The first-order valence-corrected chi connectivity index (χ1v) is 15.7.